The van der Waals surface area contributed by atoms with E-state index >= 15 is 0 Å². The highest BCUT2D eigenvalue weighted by molar-refractivity contribution is 5.49. The fourth-order valence-electron chi connectivity index (χ4n) is 2.71. The summed E-state index contributed by atoms with van der Waals surface area (Å²) in [5.41, 5.74) is 1.15. The van der Waals surface area contributed by atoms with Gasteiger partial charge in [-0.2, -0.15) is 0 Å². The molecule has 0 aromatic heterocycles. The van der Waals surface area contributed by atoms with Crippen LogP contribution in [0.25, 0.3) is 0 Å². The minimum absolute atomic E-state index is 0.0146. The summed E-state index contributed by atoms with van der Waals surface area (Å²) in [6, 6.07) is 8.77. The quantitative estimate of drug-likeness (QED) is 0.829. The largest absolute Gasteiger partial charge is 0.491 e. The predicted molar refractivity (Wildman–Crippen MR) is 88.1 cm³/mol. The van der Waals surface area contributed by atoms with Crippen molar-refractivity contribution in [3.8, 4) is 5.75 Å². The fourth-order valence-corrected chi connectivity index (χ4v) is 2.71. The lowest BCUT2D eigenvalue weighted by Gasteiger charge is -2.38. The van der Waals surface area contributed by atoms with Crippen LogP contribution >= 0.6 is 0 Å². The first kappa shape index (κ1) is 16.2. The van der Waals surface area contributed by atoms with Crippen molar-refractivity contribution in [2.75, 3.05) is 11.9 Å². The van der Waals surface area contributed by atoms with Crippen LogP contribution < -0.4 is 10.1 Å². The Morgan fingerprint density at radius 1 is 1.43 bits per heavy atom. The average molecular weight is 291 g/mol. The number of rotatable bonds is 6. The number of anilines is 1. The Morgan fingerprint density at radius 3 is 2.95 bits per heavy atom. The summed E-state index contributed by atoms with van der Waals surface area (Å²) >= 11 is 0. The molecule has 3 unspecified atom stereocenters. The maximum Gasteiger partial charge on any atom is 0.121 e. The Bertz CT molecular complexity index is 449. The minimum Gasteiger partial charge on any atom is -0.491 e. The maximum absolute atomic E-state index is 5.91. The van der Waals surface area contributed by atoms with E-state index in [0.29, 0.717) is 6.04 Å². The minimum atomic E-state index is 0.0146. The maximum atomic E-state index is 5.91. The van der Waals surface area contributed by atoms with Crippen molar-refractivity contribution in [2.45, 2.75) is 71.1 Å². The standard InChI is InChI=1S/C18H29NO2/c1-5-14(3)21-17-9-7-8-15(12-17)19-16-10-11-20-18(4,6-2)13-16/h7-9,12,14,16,19H,5-6,10-11,13H2,1-4H3. The molecule has 1 heterocycles. The van der Waals surface area contributed by atoms with E-state index < -0.39 is 0 Å². The van der Waals surface area contributed by atoms with Crippen LogP contribution in [0.3, 0.4) is 0 Å². The van der Waals surface area contributed by atoms with E-state index in [-0.39, 0.29) is 11.7 Å². The van der Waals surface area contributed by atoms with Gasteiger partial charge >= 0.3 is 0 Å². The zero-order chi connectivity index (χ0) is 15.3. The monoisotopic (exact) mass is 291 g/mol. The molecule has 1 aliphatic rings. The lowest BCUT2D eigenvalue weighted by atomic mass is 9.90. The topological polar surface area (TPSA) is 30.5 Å². The van der Waals surface area contributed by atoms with Crippen LogP contribution in [0.2, 0.25) is 0 Å². The van der Waals surface area contributed by atoms with Crippen molar-refractivity contribution in [2.24, 2.45) is 0 Å². The van der Waals surface area contributed by atoms with Crippen molar-refractivity contribution in [1.29, 1.82) is 0 Å². The second kappa shape index (κ2) is 7.17. The molecule has 3 atom stereocenters. The lowest BCUT2D eigenvalue weighted by molar-refractivity contribution is -0.0708. The molecule has 3 nitrogen and oxygen atoms in total. The van der Waals surface area contributed by atoms with Crippen LogP contribution in [0.15, 0.2) is 24.3 Å². The third-order valence-corrected chi connectivity index (χ3v) is 4.46. The van der Waals surface area contributed by atoms with Gasteiger partial charge in [-0.3, -0.25) is 0 Å². The molecule has 118 valence electrons. The molecule has 1 aromatic rings. The van der Waals surface area contributed by atoms with Gasteiger partial charge in [0.2, 0.25) is 0 Å². The first-order chi connectivity index (χ1) is 10.0. The summed E-state index contributed by atoms with van der Waals surface area (Å²) in [6.45, 7) is 9.49. The number of hydrogen-bond donors (Lipinski definition) is 1. The summed E-state index contributed by atoms with van der Waals surface area (Å²) in [6.07, 6.45) is 4.45. The van der Waals surface area contributed by atoms with Crippen molar-refractivity contribution in [1.82, 2.24) is 0 Å². The second-order valence-corrected chi connectivity index (χ2v) is 6.35. The number of benzene rings is 1. The molecule has 1 N–H and O–H groups in total. The zero-order valence-corrected chi connectivity index (χ0v) is 13.8. The Balaban J connectivity index is 1.97. The SMILES string of the molecule is CCC(C)Oc1cccc(NC2CCOC(C)(CC)C2)c1. The highest BCUT2D eigenvalue weighted by Crippen LogP contribution is 2.30. The van der Waals surface area contributed by atoms with Gasteiger partial charge in [0.25, 0.3) is 0 Å². The fraction of sp³-hybridized carbons (Fsp3) is 0.667. The summed E-state index contributed by atoms with van der Waals surface area (Å²) in [5, 5.41) is 3.64. The van der Waals surface area contributed by atoms with Crippen molar-refractivity contribution < 1.29 is 9.47 Å². The normalized spacial score (nSPS) is 27.1. The molecule has 1 aromatic carbocycles. The first-order valence-electron chi connectivity index (χ1n) is 8.22. The summed E-state index contributed by atoms with van der Waals surface area (Å²) < 4.78 is 11.8. The molecular formula is C18H29NO2. The Morgan fingerprint density at radius 2 is 2.24 bits per heavy atom. The van der Waals surface area contributed by atoms with Gasteiger partial charge in [0.15, 0.2) is 0 Å². The Labute approximate surface area is 129 Å². The smallest absolute Gasteiger partial charge is 0.121 e. The van der Waals surface area contributed by atoms with E-state index in [1.807, 2.05) is 6.07 Å². The number of nitrogens with one attached hydrogen (secondary N) is 1. The Hall–Kier alpha value is -1.22. The van der Waals surface area contributed by atoms with Crippen LogP contribution in [-0.4, -0.2) is 24.4 Å². The molecular weight excluding hydrogens is 262 g/mol. The second-order valence-electron chi connectivity index (χ2n) is 6.35. The third kappa shape index (κ3) is 4.63. The Kier molecular flexibility index (Phi) is 5.51. The molecule has 1 aliphatic heterocycles. The molecule has 0 aliphatic carbocycles. The van der Waals surface area contributed by atoms with Crippen molar-refractivity contribution >= 4 is 5.69 Å². The molecule has 0 amide bonds. The van der Waals surface area contributed by atoms with E-state index in [9.17, 15) is 0 Å². The molecule has 0 radical (unpaired) electrons. The first-order valence-corrected chi connectivity index (χ1v) is 8.22. The van der Waals surface area contributed by atoms with Gasteiger partial charge in [-0.25, -0.2) is 0 Å². The van der Waals surface area contributed by atoms with E-state index in [1.54, 1.807) is 0 Å². The van der Waals surface area contributed by atoms with Gasteiger partial charge in [-0.15, -0.1) is 0 Å². The summed E-state index contributed by atoms with van der Waals surface area (Å²) in [4.78, 5) is 0. The van der Waals surface area contributed by atoms with E-state index in [2.05, 4.69) is 51.2 Å². The highest BCUT2D eigenvalue weighted by atomic mass is 16.5. The van der Waals surface area contributed by atoms with Gasteiger partial charge in [0.05, 0.1) is 11.7 Å². The van der Waals surface area contributed by atoms with Gasteiger partial charge in [-0.05, 0) is 51.7 Å². The van der Waals surface area contributed by atoms with Gasteiger partial charge < -0.3 is 14.8 Å². The zero-order valence-electron chi connectivity index (χ0n) is 13.8. The molecule has 0 spiro atoms. The lowest BCUT2D eigenvalue weighted by Crippen LogP contribution is -2.41. The van der Waals surface area contributed by atoms with Gasteiger partial charge in [0.1, 0.15) is 5.75 Å². The molecule has 3 heteroatoms. The van der Waals surface area contributed by atoms with Crippen LogP contribution in [0.1, 0.15) is 53.4 Å². The van der Waals surface area contributed by atoms with Gasteiger partial charge in [0, 0.05) is 24.4 Å². The predicted octanol–water partition coefficient (Wildman–Crippen LogP) is 4.62. The molecule has 1 saturated heterocycles. The third-order valence-electron chi connectivity index (χ3n) is 4.46. The summed E-state index contributed by atoms with van der Waals surface area (Å²) in [5.74, 6) is 0.944. The van der Waals surface area contributed by atoms with Gasteiger partial charge in [-0.1, -0.05) is 19.9 Å². The summed E-state index contributed by atoms with van der Waals surface area (Å²) in [7, 11) is 0. The number of hydrogen-bond acceptors (Lipinski definition) is 3. The molecule has 21 heavy (non-hydrogen) atoms. The average Bonchev–Trinajstić information content (AvgIpc) is 2.47. The van der Waals surface area contributed by atoms with Crippen LogP contribution in [0.4, 0.5) is 5.69 Å². The van der Waals surface area contributed by atoms with E-state index in [4.69, 9.17) is 9.47 Å². The van der Waals surface area contributed by atoms with Crippen molar-refractivity contribution in [3.05, 3.63) is 24.3 Å². The highest BCUT2D eigenvalue weighted by Gasteiger charge is 2.31. The molecule has 2 rings (SSSR count). The number of ether oxygens (including phenoxy) is 2. The van der Waals surface area contributed by atoms with Crippen LogP contribution in [0, 0.1) is 0 Å². The van der Waals surface area contributed by atoms with E-state index in [0.717, 1.165) is 43.7 Å². The molecule has 1 fully saturated rings. The van der Waals surface area contributed by atoms with E-state index in [1.165, 1.54) is 0 Å². The van der Waals surface area contributed by atoms with Crippen LogP contribution in [0.5, 0.6) is 5.75 Å². The molecule has 0 bridgehead atoms. The van der Waals surface area contributed by atoms with Crippen LogP contribution in [-0.2, 0) is 4.74 Å². The van der Waals surface area contributed by atoms with Crippen molar-refractivity contribution in [3.63, 3.8) is 0 Å². The molecule has 0 saturated carbocycles.